The van der Waals surface area contributed by atoms with Crippen LogP contribution in [0.5, 0.6) is 11.5 Å². The molecular weight excluding hydrogens is 460 g/mol. The maximum absolute atomic E-state index is 13.1. The summed E-state index contributed by atoms with van der Waals surface area (Å²) in [5.41, 5.74) is 2.75. The van der Waals surface area contributed by atoms with Crippen LogP contribution in [0.4, 0.5) is 0 Å². The number of amides is 2. The summed E-state index contributed by atoms with van der Waals surface area (Å²) in [6.45, 7) is 6.48. The average molecular weight is 489 g/mol. The molecule has 186 valence electrons. The largest absolute Gasteiger partial charge is 0.508 e. The van der Waals surface area contributed by atoms with Gasteiger partial charge in [0.15, 0.2) is 0 Å². The Hall–Kier alpha value is -4.08. The van der Waals surface area contributed by atoms with E-state index < -0.39 is 17.9 Å². The van der Waals surface area contributed by atoms with E-state index in [1.807, 2.05) is 18.4 Å². The van der Waals surface area contributed by atoms with E-state index in [2.05, 4.69) is 15.2 Å². The zero-order valence-electron chi connectivity index (χ0n) is 20.1. The molecule has 1 unspecified atom stereocenters. The van der Waals surface area contributed by atoms with Crippen molar-refractivity contribution in [3.8, 4) is 11.5 Å². The lowest BCUT2D eigenvalue weighted by molar-refractivity contribution is -0.122. The van der Waals surface area contributed by atoms with Gasteiger partial charge < -0.3 is 29.8 Å². The average Bonchev–Trinajstić information content (AvgIpc) is 3.49. The molecule has 1 atom stereocenters. The van der Waals surface area contributed by atoms with Crippen LogP contribution < -0.4 is 5.32 Å². The van der Waals surface area contributed by atoms with Gasteiger partial charge in [0.2, 0.25) is 0 Å². The number of nitrogens with one attached hydrogen (secondary N) is 2. The Morgan fingerprint density at radius 3 is 2.25 bits per heavy atom. The van der Waals surface area contributed by atoms with E-state index in [0.717, 1.165) is 18.6 Å². The van der Waals surface area contributed by atoms with E-state index in [-0.39, 0.29) is 29.2 Å². The molecule has 36 heavy (non-hydrogen) atoms. The number of likely N-dealkylation sites (N-methyl/N-ethyl adjacent to an activating group) is 1. The molecule has 0 fully saturated rings. The van der Waals surface area contributed by atoms with Crippen molar-refractivity contribution in [2.45, 2.75) is 26.5 Å². The number of hydrogen-bond acceptors (Lipinski definition) is 6. The van der Waals surface area contributed by atoms with Crippen molar-refractivity contribution in [1.82, 2.24) is 19.8 Å². The molecule has 0 saturated carbocycles. The molecule has 9 heteroatoms. The number of benzene rings is 2. The highest BCUT2D eigenvalue weighted by Crippen LogP contribution is 2.39. The Morgan fingerprint density at radius 2 is 1.56 bits per heavy atom. The van der Waals surface area contributed by atoms with Crippen LogP contribution >= 0.6 is 0 Å². The molecule has 5 rings (SSSR count). The first-order chi connectivity index (χ1) is 17.3. The lowest BCUT2D eigenvalue weighted by atomic mass is 9.95. The molecule has 9 nitrogen and oxygen atoms in total. The number of imide groups is 1. The number of aliphatic hydroxyl groups is 1. The van der Waals surface area contributed by atoms with Crippen molar-refractivity contribution >= 4 is 44.8 Å². The number of carbonyl (C=O) groups is 2. The second kappa shape index (κ2) is 9.18. The Kier molecular flexibility index (Phi) is 6.03. The SMILES string of the molecule is CCN(CC)CC(O)Cn1cc(C2=C(c3c[nH]c4ccc(O)cc34)C(=O)NC2=O)c2cc(O)ccc21. The van der Waals surface area contributed by atoms with Crippen LogP contribution in [0.3, 0.4) is 0 Å². The minimum atomic E-state index is -0.661. The van der Waals surface area contributed by atoms with E-state index in [9.17, 15) is 24.9 Å². The molecule has 2 aromatic carbocycles. The number of nitrogens with zero attached hydrogens (tertiary/aromatic N) is 2. The van der Waals surface area contributed by atoms with Crippen LogP contribution in [-0.4, -0.2) is 67.3 Å². The number of phenolic OH excluding ortho intramolecular Hbond substituents is 2. The van der Waals surface area contributed by atoms with Crippen LogP contribution in [0, 0.1) is 0 Å². The van der Waals surface area contributed by atoms with E-state index in [1.165, 1.54) is 6.07 Å². The van der Waals surface area contributed by atoms with Crippen molar-refractivity contribution < 1.29 is 24.9 Å². The van der Waals surface area contributed by atoms with Crippen LogP contribution in [0.15, 0.2) is 48.8 Å². The summed E-state index contributed by atoms with van der Waals surface area (Å²) in [5.74, 6) is -1.02. The molecule has 0 spiro atoms. The highest BCUT2D eigenvalue weighted by atomic mass is 16.3. The van der Waals surface area contributed by atoms with Gasteiger partial charge in [-0.2, -0.15) is 0 Å². The summed E-state index contributed by atoms with van der Waals surface area (Å²) in [4.78, 5) is 31.3. The fourth-order valence-corrected chi connectivity index (χ4v) is 4.98. The summed E-state index contributed by atoms with van der Waals surface area (Å²) >= 11 is 0. The third kappa shape index (κ3) is 4.02. The number of aromatic hydroxyl groups is 2. The Labute approximate surface area is 207 Å². The molecule has 3 heterocycles. The molecule has 2 amide bonds. The molecule has 0 radical (unpaired) electrons. The minimum absolute atomic E-state index is 0.0223. The smallest absolute Gasteiger partial charge is 0.259 e. The van der Waals surface area contributed by atoms with Crippen molar-refractivity contribution in [2.24, 2.45) is 0 Å². The van der Waals surface area contributed by atoms with Gasteiger partial charge in [0.25, 0.3) is 11.8 Å². The van der Waals surface area contributed by atoms with Gasteiger partial charge in [-0.3, -0.25) is 14.9 Å². The van der Waals surface area contributed by atoms with Gasteiger partial charge in [0.1, 0.15) is 11.5 Å². The van der Waals surface area contributed by atoms with Gasteiger partial charge in [-0.1, -0.05) is 13.8 Å². The number of carbonyl (C=O) groups excluding carboxylic acids is 2. The molecule has 1 aliphatic rings. The van der Waals surface area contributed by atoms with E-state index in [4.69, 9.17) is 0 Å². The zero-order chi connectivity index (χ0) is 25.6. The summed E-state index contributed by atoms with van der Waals surface area (Å²) in [7, 11) is 0. The standard InChI is InChI=1S/C27H28N4O5/c1-3-30(4-2)12-17(34)13-31-14-21(19-10-16(33)6-8-23(19)31)25-24(26(35)29-27(25)36)20-11-28-22-7-5-15(32)9-18(20)22/h5-11,14,17,28,32-34H,3-4,12-13H2,1-2H3,(H,29,35,36). The maximum atomic E-state index is 13.1. The van der Waals surface area contributed by atoms with Crippen molar-refractivity contribution in [3.05, 3.63) is 59.9 Å². The quantitative estimate of drug-likeness (QED) is 0.243. The maximum Gasteiger partial charge on any atom is 0.259 e. The lowest BCUT2D eigenvalue weighted by Gasteiger charge is -2.22. The number of aliphatic hydroxyl groups excluding tert-OH is 1. The highest BCUT2D eigenvalue weighted by molar-refractivity contribution is 6.50. The molecule has 0 bridgehead atoms. The summed E-state index contributed by atoms with van der Waals surface area (Å²) in [5, 5.41) is 34.6. The van der Waals surface area contributed by atoms with Crippen LogP contribution in [0.1, 0.15) is 25.0 Å². The van der Waals surface area contributed by atoms with Gasteiger partial charge in [0.05, 0.1) is 17.3 Å². The van der Waals surface area contributed by atoms with Gasteiger partial charge >= 0.3 is 0 Å². The number of hydrogen-bond donors (Lipinski definition) is 5. The molecule has 1 aliphatic heterocycles. The monoisotopic (exact) mass is 488 g/mol. The van der Waals surface area contributed by atoms with E-state index >= 15 is 0 Å². The predicted octanol–water partition coefficient (Wildman–Crippen LogP) is 2.80. The third-order valence-electron chi connectivity index (χ3n) is 6.77. The predicted molar refractivity (Wildman–Crippen MR) is 137 cm³/mol. The van der Waals surface area contributed by atoms with E-state index in [0.29, 0.717) is 34.0 Å². The number of H-pyrrole nitrogens is 1. The summed E-state index contributed by atoms with van der Waals surface area (Å²) in [6, 6.07) is 9.62. The van der Waals surface area contributed by atoms with Crippen molar-refractivity contribution in [3.63, 3.8) is 0 Å². The molecule has 2 aromatic heterocycles. The molecule has 4 aromatic rings. The Bertz CT molecular complexity index is 1530. The normalized spacial score (nSPS) is 15.0. The Morgan fingerprint density at radius 1 is 0.917 bits per heavy atom. The van der Waals surface area contributed by atoms with Crippen molar-refractivity contribution in [2.75, 3.05) is 19.6 Å². The zero-order valence-corrected chi connectivity index (χ0v) is 20.1. The second-order valence-corrected chi connectivity index (χ2v) is 9.00. The number of aromatic amines is 1. The van der Waals surface area contributed by atoms with Crippen LogP contribution in [0.2, 0.25) is 0 Å². The number of aromatic nitrogens is 2. The third-order valence-corrected chi connectivity index (χ3v) is 6.77. The Balaban J connectivity index is 1.68. The van der Waals surface area contributed by atoms with Gasteiger partial charge in [-0.25, -0.2) is 0 Å². The van der Waals surface area contributed by atoms with E-state index in [1.54, 1.807) is 42.7 Å². The molecule has 0 aliphatic carbocycles. The number of fused-ring (bicyclic) bond motifs is 2. The summed E-state index contributed by atoms with van der Waals surface area (Å²) < 4.78 is 1.85. The fourth-order valence-electron chi connectivity index (χ4n) is 4.98. The first kappa shape index (κ1) is 23.7. The second-order valence-electron chi connectivity index (χ2n) is 9.00. The highest BCUT2D eigenvalue weighted by Gasteiger charge is 2.35. The van der Waals surface area contributed by atoms with Crippen molar-refractivity contribution in [1.29, 1.82) is 0 Å². The lowest BCUT2D eigenvalue weighted by Crippen LogP contribution is -2.34. The minimum Gasteiger partial charge on any atom is -0.508 e. The fraction of sp³-hybridized carbons (Fsp3) is 0.259. The van der Waals surface area contributed by atoms with Crippen LogP contribution in [-0.2, 0) is 16.1 Å². The summed E-state index contributed by atoms with van der Waals surface area (Å²) in [6.07, 6.45) is 2.73. The van der Waals surface area contributed by atoms with Gasteiger partial charge in [-0.05, 0) is 49.5 Å². The molecular formula is C27H28N4O5. The van der Waals surface area contributed by atoms with Gasteiger partial charge in [-0.15, -0.1) is 0 Å². The topological polar surface area (TPSA) is 131 Å². The molecule has 0 saturated heterocycles. The van der Waals surface area contributed by atoms with Crippen LogP contribution in [0.25, 0.3) is 33.0 Å². The first-order valence-corrected chi connectivity index (χ1v) is 11.9. The first-order valence-electron chi connectivity index (χ1n) is 11.9. The van der Waals surface area contributed by atoms with Gasteiger partial charge in [0, 0.05) is 58.4 Å². The number of rotatable bonds is 8. The number of phenols is 2. The molecule has 5 N–H and O–H groups in total.